The molecule has 1 amide bonds. The number of carbonyl (C=O) groups excluding carboxylic acids is 1. The fraction of sp³-hybridized carbons (Fsp3) is 0.615. The van der Waals surface area contributed by atoms with Crippen molar-refractivity contribution in [2.75, 3.05) is 26.2 Å². The Kier molecular flexibility index (Phi) is 4.97. The highest BCUT2D eigenvalue weighted by Crippen LogP contribution is 2.15. The lowest BCUT2D eigenvalue weighted by Gasteiger charge is -2.31. The second-order valence-electron chi connectivity index (χ2n) is 5.14. The van der Waals surface area contributed by atoms with Crippen LogP contribution in [0.2, 0.25) is 0 Å². The number of aromatic nitrogens is 2. The molecule has 0 atom stereocenters. The maximum Gasteiger partial charge on any atom is 0.269 e. The van der Waals surface area contributed by atoms with Gasteiger partial charge in [-0.25, -0.2) is 0 Å². The molecule has 0 spiro atoms. The van der Waals surface area contributed by atoms with Crippen LogP contribution in [-0.2, 0) is 0 Å². The SMILES string of the molecule is CC1CCN(C(N)=NCCNC(=O)c2ccn[nH]2)CC1. The quantitative estimate of drug-likeness (QED) is 0.416. The van der Waals surface area contributed by atoms with Crippen molar-refractivity contribution in [3.05, 3.63) is 18.0 Å². The van der Waals surface area contributed by atoms with Crippen LogP contribution >= 0.6 is 0 Å². The third-order valence-corrected chi connectivity index (χ3v) is 3.52. The summed E-state index contributed by atoms with van der Waals surface area (Å²) in [5, 5.41) is 9.10. The second kappa shape index (κ2) is 6.93. The summed E-state index contributed by atoms with van der Waals surface area (Å²) in [6.45, 7) is 5.14. The lowest BCUT2D eigenvalue weighted by Crippen LogP contribution is -2.42. The molecule has 0 aliphatic carbocycles. The van der Waals surface area contributed by atoms with Crippen LogP contribution < -0.4 is 11.1 Å². The number of carbonyl (C=O) groups is 1. The zero-order valence-corrected chi connectivity index (χ0v) is 11.8. The number of rotatable bonds is 4. The largest absolute Gasteiger partial charge is 0.370 e. The van der Waals surface area contributed by atoms with Crippen molar-refractivity contribution in [3.63, 3.8) is 0 Å². The number of nitrogens with two attached hydrogens (primary N) is 1. The Balaban J connectivity index is 1.69. The number of likely N-dealkylation sites (tertiary alicyclic amines) is 1. The van der Waals surface area contributed by atoms with Crippen LogP contribution in [0.1, 0.15) is 30.3 Å². The first-order valence-electron chi connectivity index (χ1n) is 6.99. The molecular weight excluding hydrogens is 256 g/mol. The van der Waals surface area contributed by atoms with Crippen molar-refractivity contribution in [2.24, 2.45) is 16.6 Å². The van der Waals surface area contributed by atoms with E-state index in [1.54, 1.807) is 12.3 Å². The summed E-state index contributed by atoms with van der Waals surface area (Å²) < 4.78 is 0. The summed E-state index contributed by atoms with van der Waals surface area (Å²) in [6.07, 6.45) is 3.86. The van der Waals surface area contributed by atoms with Gasteiger partial charge in [0.2, 0.25) is 0 Å². The highest BCUT2D eigenvalue weighted by Gasteiger charge is 2.16. The first-order chi connectivity index (χ1) is 9.66. The van der Waals surface area contributed by atoms with Crippen LogP contribution in [0.25, 0.3) is 0 Å². The number of guanidine groups is 1. The molecule has 110 valence electrons. The smallest absolute Gasteiger partial charge is 0.269 e. The first-order valence-corrected chi connectivity index (χ1v) is 6.99. The molecule has 1 aromatic rings. The number of amides is 1. The fourth-order valence-corrected chi connectivity index (χ4v) is 2.16. The molecule has 7 nitrogen and oxygen atoms in total. The second-order valence-corrected chi connectivity index (χ2v) is 5.14. The fourth-order valence-electron chi connectivity index (χ4n) is 2.16. The van der Waals surface area contributed by atoms with Crippen LogP contribution in [-0.4, -0.2) is 53.1 Å². The van der Waals surface area contributed by atoms with E-state index in [0.29, 0.717) is 24.7 Å². The zero-order chi connectivity index (χ0) is 14.4. The molecule has 0 saturated carbocycles. The van der Waals surface area contributed by atoms with Crippen LogP contribution in [0.3, 0.4) is 0 Å². The van der Waals surface area contributed by atoms with Crippen molar-refractivity contribution < 1.29 is 4.79 Å². The average molecular weight is 278 g/mol. The van der Waals surface area contributed by atoms with E-state index < -0.39 is 0 Å². The van der Waals surface area contributed by atoms with Gasteiger partial charge in [-0.05, 0) is 24.8 Å². The Morgan fingerprint density at radius 2 is 2.35 bits per heavy atom. The maximum absolute atomic E-state index is 11.6. The molecule has 7 heteroatoms. The lowest BCUT2D eigenvalue weighted by molar-refractivity contribution is 0.0950. The van der Waals surface area contributed by atoms with E-state index in [-0.39, 0.29) is 5.91 Å². The molecule has 0 radical (unpaired) electrons. The monoisotopic (exact) mass is 278 g/mol. The molecule has 1 aliphatic heterocycles. The van der Waals surface area contributed by atoms with Gasteiger partial charge >= 0.3 is 0 Å². The van der Waals surface area contributed by atoms with Crippen LogP contribution in [0.5, 0.6) is 0 Å². The van der Waals surface area contributed by atoms with Gasteiger partial charge in [-0.3, -0.25) is 14.9 Å². The van der Waals surface area contributed by atoms with Crippen LogP contribution in [0.15, 0.2) is 17.3 Å². The molecule has 4 N–H and O–H groups in total. The summed E-state index contributed by atoms with van der Waals surface area (Å²) in [4.78, 5) is 18.0. The van der Waals surface area contributed by atoms with Gasteiger partial charge in [-0.15, -0.1) is 0 Å². The minimum atomic E-state index is -0.178. The number of hydrogen-bond donors (Lipinski definition) is 3. The van der Waals surface area contributed by atoms with E-state index in [1.807, 2.05) is 0 Å². The molecule has 20 heavy (non-hydrogen) atoms. The molecule has 0 unspecified atom stereocenters. The Morgan fingerprint density at radius 1 is 1.60 bits per heavy atom. The first kappa shape index (κ1) is 14.4. The lowest BCUT2D eigenvalue weighted by atomic mass is 10.00. The Morgan fingerprint density at radius 3 is 3.00 bits per heavy atom. The molecule has 2 rings (SSSR count). The minimum Gasteiger partial charge on any atom is -0.370 e. The molecule has 1 fully saturated rings. The molecular formula is C13H22N6O. The molecule has 2 heterocycles. The predicted molar refractivity (Wildman–Crippen MR) is 77.4 cm³/mol. The number of hydrogen-bond acceptors (Lipinski definition) is 3. The van der Waals surface area contributed by atoms with E-state index >= 15 is 0 Å². The van der Waals surface area contributed by atoms with E-state index in [2.05, 4.69) is 32.3 Å². The predicted octanol–water partition coefficient (Wildman–Crippen LogP) is 0.186. The molecule has 1 aromatic heterocycles. The van der Waals surface area contributed by atoms with E-state index in [1.165, 1.54) is 0 Å². The van der Waals surface area contributed by atoms with Gasteiger partial charge in [0.05, 0.1) is 6.54 Å². The van der Waals surface area contributed by atoms with Crippen molar-refractivity contribution in [2.45, 2.75) is 19.8 Å². The van der Waals surface area contributed by atoms with Crippen LogP contribution in [0.4, 0.5) is 0 Å². The van der Waals surface area contributed by atoms with Gasteiger partial charge in [0.15, 0.2) is 5.96 Å². The average Bonchev–Trinajstić information content (AvgIpc) is 2.98. The number of piperidine rings is 1. The third kappa shape index (κ3) is 3.97. The molecule has 0 bridgehead atoms. The molecule has 1 aliphatic rings. The Labute approximate surface area is 118 Å². The highest BCUT2D eigenvalue weighted by molar-refractivity contribution is 5.92. The number of nitrogens with zero attached hydrogens (tertiary/aromatic N) is 3. The zero-order valence-electron chi connectivity index (χ0n) is 11.8. The summed E-state index contributed by atoms with van der Waals surface area (Å²) in [5.74, 6) is 1.17. The standard InChI is InChI=1S/C13H22N6O/c1-10-3-8-19(9-4-10)13(14)16-7-6-15-12(20)11-2-5-17-18-11/h2,5,10H,3-4,6-9H2,1H3,(H2,14,16)(H,15,20)(H,17,18). The van der Waals surface area contributed by atoms with Crippen molar-refractivity contribution >= 4 is 11.9 Å². The maximum atomic E-state index is 11.6. The summed E-state index contributed by atoms with van der Waals surface area (Å²) in [5.41, 5.74) is 6.40. The summed E-state index contributed by atoms with van der Waals surface area (Å²) in [6, 6.07) is 1.63. The summed E-state index contributed by atoms with van der Waals surface area (Å²) >= 11 is 0. The van der Waals surface area contributed by atoms with Crippen molar-refractivity contribution in [3.8, 4) is 0 Å². The third-order valence-electron chi connectivity index (χ3n) is 3.52. The number of nitrogens with one attached hydrogen (secondary N) is 2. The van der Waals surface area contributed by atoms with Gasteiger partial charge in [-0.2, -0.15) is 5.10 Å². The van der Waals surface area contributed by atoms with E-state index in [9.17, 15) is 4.79 Å². The summed E-state index contributed by atoms with van der Waals surface area (Å²) in [7, 11) is 0. The molecule has 1 saturated heterocycles. The topological polar surface area (TPSA) is 99.4 Å². The number of aromatic amines is 1. The van der Waals surface area contributed by atoms with Gasteiger partial charge < -0.3 is 16.0 Å². The minimum absolute atomic E-state index is 0.178. The van der Waals surface area contributed by atoms with Gasteiger partial charge in [-0.1, -0.05) is 6.92 Å². The highest BCUT2D eigenvalue weighted by atomic mass is 16.1. The van der Waals surface area contributed by atoms with E-state index in [4.69, 9.17) is 5.73 Å². The Bertz CT molecular complexity index is 447. The van der Waals surface area contributed by atoms with Crippen molar-refractivity contribution in [1.82, 2.24) is 20.4 Å². The Hall–Kier alpha value is -2.05. The van der Waals surface area contributed by atoms with Gasteiger partial charge in [0.1, 0.15) is 5.69 Å². The van der Waals surface area contributed by atoms with E-state index in [0.717, 1.165) is 31.8 Å². The van der Waals surface area contributed by atoms with Gasteiger partial charge in [0.25, 0.3) is 5.91 Å². The normalized spacial score (nSPS) is 17.2. The molecule has 0 aromatic carbocycles. The number of H-pyrrole nitrogens is 1. The van der Waals surface area contributed by atoms with Gasteiger partial charge in [0, 0.05) is 25.8 Å². The van der Waals surface area contributed by atoms with Crippen LogP contribution in [0, 0.1) is 5.92 Å². The number of aliphatic imine (C=N–C) groups is 1. The van der Waals surface area contributed by atoms with Crippen molar-refractivity contribution in [1.29, 1.82) is 0 Å².